The number of hydrogen-bond donors (Lipinski definition) is 1. The molecule has 0 saturated carbocycles. The van der Waals surface area contributed by atoms with Crippen LogP contribution in [0.1, 0.15) is 43.7 Å². The first-order chi connectivity index (χ1) is 16.3. The van der Waals surface area contributed by atoms with Gasteiger partial charge in [-0.05, 0) is 40.8 Å². The second kappa shape index (κ2) is 9.99. The van der Waals surface area contributed by atoms with Gasteiger partial charge in [-0.3, -0.25) is 14.5 Å². The maximum Gasteiger partial charge on any atom is 0.290 e. The number of ether oxygens (including phenoxy) is 1. The number of aliphatic hydroxyl groups excluding tert-OH is 1. The van der Waals surface area contributed by atoms with Gasteiger partial charge in [-0.15, -0.1) is 0 Å². The molecule has 1 atom stereocenters. The molecule has 2 aliphatic heterocycles. The van der Waals surface area contributed by atoms with Gasteiger partial charge in [-0.25, -0.2) is 0 Å². The number of hydrogen-bond acceptors (Lipinski definition) is 6. The zero-order valence-electron chi connectivity index (χ0n) is 20.0. The molecule has 2 aliphatic rings. The van der Waals surface area contributed by atoms with Crippen molar-refractivity contribution in [2.45, 2.75) is 32.2 Å². The molecule has 7 nitrogen and oxygen atoms in total. The third kappa shape index (κ3) is 5.16. The Balaban J connectivity index is 1.64. The Bertz CT molecular complexity index is 1070. The van der Waals surface area contributed by atoms with Crippen LogP contribution in [-0.2, 0) is 19.7 Å². The minimum atomic E-state index is -0.656. The third-order valence-corrected chi connectivity index (χ3v) is 6.36. The molecule has 1 aromatic carbocycles. The Kier molecular flexibility index (Phi) is 7.05. The molecule has 1 fully saturated rings. The summed E-state index contributed by atoms with van der Waals surface area (Å²) in [5.74, 6) is -0.900. The highest BCUT2D eigenvalue weighted by atomic mass is 16.5. The van der Waals surface area contributed by atoms with E-state index in [2.05, 4.69) is 25.7 Å². The van der Waals surface area contributed by atoms with Gasteiger partial charge < -0.3 is 19.2 Å². The lowest BCUT2D eigenvalue weighted by Gasteiger charge is -2.32. The predicted molar refractivity (Wildman–Crippen MR) is 129 cm³/mol. The molecule has 1 N–H and O–H groups in total. The minimum absolute atomic E-state index is 0.0253. The van der Waals surface area contributed by atoms with Crippen molar-refractivity contribution >= 4 is 17.8 Å². The summed E-state index contributed by atoms with van der Waals surface area (Å²) in [6, 6.07) is 10.7. The van der Waals surface area contributed by atoms with Crippen molar-refractivity contribution in [3.05, 3.63) is 77.0 Å². The molecule has 180 valence electrons. The van der Waals surface area contributed by atoms with E-state index >= 15 is 0 Å². The minimum Gasteiger partial charge on any atom is -0.503 e. The van der Waals surface area contributed by atoms with Crippen LogP contribution in [0.25, 0.3) is 6.08 Å². The lowest BCUT2D eigenvalue weighted by atomic mass is 9.85. The summed E-state index contributed by atoms with van der Waals surface area (Å²) in [6.45, 7) is 10.4. The normalized spacial score (nSPS) is 20.0. The first kappa shape index (κ1) is 24.0. The zero-order chi connectivity index (χ0) is 24.3. The van der Waals surface area contributed by atoms with Crippen molar-refractivity contribution in [2.75, 3.05) is 39.4 Å². The Morgan fingerprint density at radius 1 is 1.12 bits per heavy atom. The molecule has 0 spiro atoms. The Morgan fingerprint density at radius 2 is 1.82 bits per heavy atom. The van der Waals surface area contributed by atoms with Crippen molar-refractivity contribution in [1.82, 2.24) is 9.80 Å². The fourth-order valence-electron chi connectivity index (χ4n) is 4.36. The van der Waals surface area contributed by atoms with Gasteiger partial charge in [0.15, 0.2) is 11.5 Å². The van der Waals surface area contributed by atoms with Crippen LogP contribution in [0.5, 0.6) is 0 Å². The number of nitrogens with zero attached hydrogens (tertiary/aromatic N) is 2. The van der Waals surface area contributed by atoms with Crippen molar-refractivity contribution < 1.29 is 23.8 Å². The van der Waals surface area contributed by atoms with Gasteiger partial charge in [-0.1, -0.05) is 45.0 Å². The van der Waals surface area contributed by atoms with E-state index in [9.17, 15) is 14.7 Å². The van der Waals surface area contributed by atoms with Crippen molar-refractivity contribution in [1.29, 1.82) is 0 Å². The van der Waals surface area contributed by atoms with E-state index in [0.717, 1.165) is 24.2 Å². The van der Waals surface area contributed by atoms with E-state index in [1.54, 1.807) is 23.1 Å². The summed E-state index contributed by atoms with van der Waals surface area (Å²) >= 11 is 0. The first-order valence-corrected chi connectivity index (χ1v) is 11.7. The molecular weight excluding hydrogens is 432 g/mol. The lowest BCUT2D eigenvalue weighted by Crippen LogP contribution is -2.43. The molecule has 2 aromatic rings. The van der Waals surface area contributed by atoms with E-state index in [0.29, 0.717) is 32.1 Å². The van der Waals surface area contributed by atoms with Crippen LogP contribution in [0, 0.1) is 0 Å². The number of ketones is 1. The zero-order valence-corrected chi connectivity index (χ0v) is 20.0. The van der Waals surface area contributed by atoms with Crippen LogP contribution < -0.4 is 0 Å². The smallest absolute Gasteiger partial charge is 0.290 e. The van der Waals surface area contributed by atoms with E-state index in [1.807, 2.05) is 24.3 Å². The summed E-state index contributed by atoms with van der Waals surface area (Å²) in [5.41, 5.74) is 2.02. The second-order valence-corrected chi connectivity index (χ2v) is 9.70. The number of aliphatic hydroxyl groups is 1. The highest BCUT2D eigenvalue weighted by molar-refractivity contribution is 6.14. The molecule has 0 aliphatic carbocycles. The van der Waals surface area contributed by atoms with E-state index in [-0.39, 0.29) is 11.0 Å². The van der Waals surface area contributed by atoms with Crippen LogP contribution >= 0.6 is 0 Å². The number of carbonyl (C=O) groups excluding carboxylic acids is 2. The summed E-state index contributed by atoms with van der Waals surface area (Å²) in [5, 5.41) is 10.8. The SMILES string of the molecule is CC(C)(C)c1ccc(C2C(C(=O)/C=C/c3ccco3)=C(O)C(=O)N2CCN2CCOCC2)cc1. The van der Waals surface area contributed by atoms with Gasteiger partial charge >= 0.3 is 0 Å². The maximum atomic E-state index is 13.2. The van der Waals surface area contributed by atoms with Gasteiger partial charge in [-0.2, -0.15) is 0 Å². The first-order valence-electron chi connectivity index (χ1n) is 11.7. The number of benzene rings is 1. The van der Waals surface area contributed by atoms with Gasteiger partial charge in [0.2, 0.25) is 0 Å². The van der Waals surface area contributed by atoms with Gasteiger partial charge in [0.05, 0.1) is 31.1 Å². The molecule has 3 heterocycles. The average molecular weight is 465 g/mol. The summed E-state index contributed by atoms with van der Waals surface area (Å²) in [4.78, 5) is 30.1. The van der Waals surface area contributed by atoms with Crippen molar-refractivity contribution in [3.8, 4) is 0 Å². The fraction of sp³-hybridized carbons (Fsp3) is 0.407. The molecular formula is C27H32N2O5. The topological polar surface area (TPSA) is 83.2 Å². The Hall–Kier alpha value is -3.16. The van der Waals surface area contributed by atoms with Crippen molar-refractivity contribution in [3.63, 3.8) is 0 Å². The monoisotopic (exact) mass is 464 g/mol. The van der Waals surface area contributed by atoms with Crippen LogP contribution in [-0.4, -0.2) is 66.0 Å². The number of furan rings is 1. The number of allylic oxidation sites excluding steroid dienone is 1. The van der Waals surface area contributed by atoms with E-state index < -0.39 is 23.5 Å². The van der Waals surface area contributed by atoms with Crippen LogP contribution in [0.15, 0.2) is 64.5 Å². The number of carbonyl (C=O) groups is 2. The van der Waals surface area contributed by atoms with Gasteiger partial charge in [0, 0.05) is 26.2 Å². The number of morpholine rings is 1. The predicted octanol–water partition coefficient (Wildman–Crippen LogP) is 3.89. The van der Waals surface area contributed by atoms with E-state index in [4.69, 9.17) is 9.15 Å². The number of amides is 1. The summed E-state index contributed by atoms with van der Waals surface area (Å²) < 4.78 is 10.7. The molecule has 1 unspecified atom stereocenters. The van der Waals surface area contributed by atoms with Crippen LogP contribution in [0.2, 0.25) is 0 Å². The second-order valence-electron chi connectivity index (χ2n) is 9.70. The molecule has 4 rings (SSSR count). The van der Waals surface area contributed by atoms with Crippen LogP contribution in [0.4, 0.5) is 0 Å². The molecule has 1 saturated heterocycles. The lowest BCUT2D eigenvalue weighted by molar-refractivity contribution is -0.129. The highest BCUT2D eigenvalue weighted by Crippen LogP contribution is 2.38. The molecule has 0 bridgehead atoms. The Labute approximate surface area is 200 Å². The number of rotatable bonds is 7. The Morgan fingerprint density at radius 3 is 2.44 bits per heavy atom. The fourth-order valence-corrected chi connectivity index (χ4v) is 4.36. The summed E-state index contributed by atoms with van der Waals surface area (Å²) in [6.07, 6.45) is 4.41. The molecule has 1 amide bonds. The highest BCUT2D eigenvalue weighted by Gasteiger charge is 2.43. The van der Waals surface area contributed by atoms with E-state index in [1.165, 1.54) is 12.3 Å². The maximum absolute atomic E-state index is 13.2. The van der Waals surface area contributed by atoms with Crippen LogP contribution in [0.3, 0.4) is 0 Å². The summed E-state index contributed by atoms with van der Waals surface area (Å²) in [7, 11) is 0. The van der Waals surface area contributed by atoms with Gasteiger partial charge in [0.1, 0.15) is 5.76 Å². The molecule has 7 heteroatoms. The third-order valence-electron chi connectivity index (χ3n) is 6.36. The average Bonchev–Trinajstić information content (AvgIpc) is 3.43. The van der Waals surface area contributed by atoms with Gasteiger partial charge in [0.25, 0.3) is 5.91 Å². The largest absolute Gasteiger partial charge is 0.503 e. The quantitative estimate of drug-likeness (QED) is 0.626. The molecule has 34 heavy (non-hydrogen) atoms. The molecule has 1 aromatic heterocycles. The molecule has 0 radical (unpaired) electrons. The van der Waals surface area contributed by atoms with Crippen molar-refractivity contribution in [2.24, 2.45) is 0 Å². The standard InChI is InChI=1S/C27H32N2O5/c1-27(2,3)20-8-6-19(7-9-20)24-23(22(30)11-10-21-5-4-16-34-21)25(31)26(32)29(24)13-12-28-14-17-33-18-15-28/h4-11,16,24,31H,12-15,17-18H2,1-3H3/b11-10+.